The number of thioether (sulfide) groups is 1. The van der Waals surface area contributed by atoms with E-state index >= 15 is 0 Å². The van der Waals surface area contributed by atoms with Crippen LogP contribution in [0.25, 0.3) is 16.7 Å². The van der Waals surface area contributed by atoms with Gasteiger partial charge in [0.05, 0.1) is 17.4 Å². The third-order valence-electron chi connectivity index (χ3n) is 4.92. The van der Waals surface area contributed by atoms with Gasteiger partial charge in [0.2, 0.25) is 5.78 Å². The number of rotatable bonds is 5. The van der Waals surface area contributed by atoms with Crippen LogP contribution in [0, 0.1) is 0 Å². The SMILES string of the molecule is O=c1c2ccccc2n2c(SCc3cccc(Cl)c3)nnc2n1Cc1ccccc1. The normalized spacial score (nSPS) is 11.4. The average Bonchev–Trinajstić information content (AvgIpc) is 3.20. The van der Waals surface area contributed by atoms with Crippen LogP contribution >= 0.6 is 23.4 Å². The van der Waals surface area contributed by atoms with E-state index in [9.17, 15) is 4.79 Å². The van der Waals surface area contributed by atoms with Gasteiger partial charge < -0.3 is 0 Å². The van der Waals surface area contributed by atoms with E-state index in [4.69, 9.17) is 11.6 Å². The van der Waals surface area contributed by atoms with Gasteiger partial charge in [-0.3, -0.25) is 13.8 Å². The van der Waals surface area contributed by atoms with Gasteiger partial charge in [0.25, 0.3) is 5.56 Å². The van der Waals surface area contributed by atoms with Crippen LogP contribution in [0.1, 0.15) is 11.1 Å². The van der Waals surface area contributed by atoms with E-state index in [2.05, 4.69) is 10.2 Å². The predicted molar refractivity (Wildman–Crippen MR) is 121 cm³/mol. The lowest BCUT2D eigenvalue weighted by atomic mass is 10.2. The zero-order valence-electron chi connectivity index (χ0n) is 15.9. The smallest absolute Gasteiger partial charge is 0.263 e. The molecule has 0 unspecified atom stereocenters. The number of benzene rings is 3. The maximum absolute atomic E-state index is 13.2. The molecule has 3 aromatic carbocycles. The van der Waals surface area contributed by atoms with Crippen molar-refractivity contribution in [2.24, 2.45) is 0 Å². The summed E-state index contributed by atoms with van der Waals surface area (Å²) in [4.78, 5) is 13.2. The van der Waals surface area contributed by atoms with Crippen molar-refractivity contribution in [2.45, 2.75) is 17.5 Å². The largest absolute Gasteiger partial charge is 0.272 e. The number of fused-ring (bicyclic) bond motifs is 3. The molecule has 0 atom stereocenters. The highest BCUT2D eigenvalue weighted by atomic mass is 35.5. The number of aromatic nitrogens is 4. The van der Waals surface area contributed by atoms with E-state index in [1.807, 2.05) is 83.3 Å². The molecule has 0 aliphatic heterocycles. The molecule has 30 heavy (non-hydrogen) atoms. The zero-order chi connectivity index (χ0) is 20.5. The van der Waals surface area contributed by atoms with Crippen LogP contribution in [0.4, 0.5) is 0 Å². The number of halogens is 1. The van der Waals surface area contributed by atoms with Gasteiger partial charge in [-0.15, -0.1) is 10.2 Å². The van der Waals surface area contributed by atoms with Crippen LogP contribution in [0.2, 0.25) is 5.02 Å². The molecular formula is C23H17ClN4OS. The highest BCUT2D eigenvalue weighted by molar-refractivity contribution is 7.98. The maximum atomic E-state index is 13.2. The van der Waals surface area contributed by atoms with Crippen molar-refractivity contribution >= 4 is 40.0 Å². The van der Waals surface area contributed by atoms with E-state index in [1.165, 1.54) is 0 Å². The number of nitrogens with zero attached hydrogens (tertiary/aromatic N) is 4. The van der Waals surface area contributed by atoms with Crippen LogP contribution in [0.15, 0.2) is 88.8 Å². The Balaban J connectivity index is 1.64. The molecular weight excluding hydrogens is 416 g/mol. The third-order valence-corrected chi connectivity index (χ3v) is 6.15. The second-order valence-corrected chi connectivity index (χ2v) is 8.31. The molecule has 2 aromatic heterocycles. The summed E-state index contributed by atoms with van der Waals surface area (Å²) in [6.07, 6.45) is 0. The molecule has 0 saturated carbocycles. The minimum absolute atomic E-state index is 0.0688. The monoisotopic (exact) mass is 432 g/mol. The molecule has 0 fully saturated rings. The van der Waals surface area contributed by atoms with Crippen molar-refractivity contribution in [1.82, 2.24) is 19.2 Å². The lowest BCUT2D eigenvalue weighted by Crippen LogP contribution is -2.24. The lowest BCUT2D eigenvalue weighted by Gasteiger charge is -2.11. The lowest BCUT2D eigenvalue weighted by molar-refractivity contribution is 0.764. The Kier molecular flexibility index (Phi) is 5.02. The average molecular weight is 433 g/mol. The van der Waals surface area contributed by atoms with Crippen LogP contribution in [-0.4, -0.2) is 19.2 Å². The van der Waals surface area contributed by atoms with E-state index in [1.54, 1.807) is 16.3 Å². The van der Waals surface area contributed by atoms with Crippen molar-refractivity contribution in [1.29, 1.82) is 0 Å². The molecule has 7 heteroatoms. The topological polar surface area (TPSA) is 52.2 Å². The van der Waals surface area contributed by atoms with Crippen LogP contribution in [0.3, 0.4) is 0 Å². The molecule has 0 spiro atoms. The molecule has 0 aliphatic carbocycles. The molecule has 0 radical (unpaired) electrons. The van der Waals surface area contributed by atoms with E-state index in [-0.39, 0.29) is 5.56 Å². The van der Waals surface area contributed by atoms with E-state index in [0.29, 0.717) is 28.5 Å². The van der Waals surface area contributed by atoms with Crippen LogP contribution < -0.4 is 5.56 Å². The molecule has 0 aliphatic rings. The van der Waals surface area contributed by atoms with E-state index in [0.717, 1.165) is 21.8 Å². The first-order valence-corrected chi connectivity index (χ1v) is 10.8. The van der Waals surface area contributed by atoms with Gasteiger partial charge in [0, 0.05) is 10.8 Å². The Labute approximate surface area is 182 Å². The maximum Gasteiger partial charge on any atom is 0.263 e. The molecule has 5 aromatic rings. The Morgan fingerprint density at radius 2 is 1.63 bits per heavy atom. The Morgan fingerprint density at radius 3 is 2.47 bits per heavy atom. The first-order chi connectivity index (χ1) is 14.7. The highest BCUT2D eigenvalue weighted by Crippen LogP contribution is 2.25. The van der Waals surface area contributed by atoms with Crippen molar-refractivity contribution in [2.75, 3.05) is 0 Å². The second kappa shape index (κ2) is 7.97. The fraction of sp³-hybridized carbons (Fsp3) is 0.0870. The van der Waals surface area contributed by atoms with E-state index < -0.39 is 0 Å². The van der Waals surface area contributed by atoms with Crippen LogP contribution in [-0.2, 0) is 12.3 Å². The number of hydrogen-bond acceptors (Lipinski definition) is 4. The first-order valence-electron chi connectivity index (χ1n) is 9.48. The molecule has 5 nitrogen and oxygen atoms in total. The zero-order valence-corrected chi connectivity index (χ0v) is 17.5. The van der Waals surface area contributed by atoms with Crippen molar-refractivity contribution in [3.05, 3.63) is 105 Å². The minimum atomic E-state index is -0.0688. The molecule has 0 bridgehead atoms. The van der Waals surface area contributed by atoms with Gasteiger partial charge in [-0.05, 0) is 35.4 Å². The molecule has 148 valence electrons. The predicted octanol–water partition coefficient (Wildman–Crippen LogP) is 5.04. The summed E-state index contributed by atoms with van der Waals surface area (Å²) < 4.78 is 3.66. The summed E-state index contributed by atoms with van der Waals surface area (Å²) in [5.41, 5.74) is 2.88. The second-order valence-electron chi connectivity index (χ2n) is 6.93. The first kappa shape index (κ1) is 18.9. The third kappa shape index (κ3) is 3.49. The fourth-order valence-electron chi connectivity index (χ4n) is 3.51. The summed E-state index contributed by atoms with van der Waals surface area (Å²) in [6, 6.07) is 25.3. The summed E-state index contributed by atoms with van der Waals surface area (Å²) in [5, 5.41) is 10.9. The van der Waals surface area contributed by atoms with Crippen LogP contribution in [0.5, 0.6) is 0 Å². The minimum Gasteiger partial charge on any atom is -0.272 e. The quantitative estimate of drug-likeness (QED) is 0.365. The van der Waals surface area contributed by atoms with Crippen molar-refractivity contribution in [3.8, 4) is 0 Å². The molecule has 0 saturated heterocycles. The fourth-order valence-corrected chi connectivity index (χ4v) is 4.61. The number of hydrogen-bond donors (Lipinski definition) is 0. The molecule has 0 amide bonds. The van der Waals surface area contributed by atoms with Crippen molar-refractivity contribution in [3.63, 3.8) is 0 Å². The van der Waals surface area contributed by atoms with Gasteiger partial charge in [-0.2, -0.15) is 0 Å². The Hall–Kier alpha value is -3.09. The molecule has 2 heterocycles. The molecule has 5 rings (SSSR count). The molecule has 0 N–H and O–H groups in total. The van der Waals surface area contributed by atoms with Gasteiger partial charge in [-0.1, -0.05) is 78.0 Å². The van der Waals surface area contributed by atoms with Gasteiger partial charge in [0.1, 0.15) is 0 Å². The highest BCUT2D eigenvalue weighted by Gasteiger charge is 2.17. The summed E-state index contributed by atoms with van der Waals surface area (Å²) in [6.45, 7) is 0.436. The summed E-state index contributed by atoms with van der Waals surface area (Å²) in [5.74, 6) is 1.24. The van der Waals surface area contributed by atoms with Gasteiger partial charge in [0.15, 0.2) is 5.16 Å². The number of para-hydroxylation sites is 1. The standard InChI is InChI=1S/C23H17ClN4OS/c24-18-10-6-9-17(13-18)15-30-23-26-25-22-27(14-16-7-2-1-3-8-16)21(29)19-11-4-5-12-20(19)28(22)23/h1-13H,14-15H2. The Morgan fingerprint density at radius 1 is 0.867 bits per heavy atom. The van der Waals surface area contributed by atoms with Crippen molar-refractivity contribution < 1.29 is 0 Å². The summed E-state index contributed by atoms with van der Waals surface area (Å²) >= 11 is 7.68. The van der Waals surface area contributed by atoms with Gasteiger partial charge in [-0.25, -0.2) is 0 Å². The Bertz CT molecular complexity index is 1410. The van der Waals surface area contributed by atoms with Gasteiger partial charge >= 0.3 is 0 Å². The summed E-state index contributed by atoms with van der Waals surface area (Å²) in [7, 11) is 0.